The van der Waals surface area contributed by atoms with Crippen molar-refractivity contribution >= 4 is 22.4 Å². The monoisotopic (exact) mass is 338 g/mol. The minimum atomic E-state index is -0.332. The molecule has 0 spiro atoms. The summed E-state index contributed by atoms with van der Waals surface area (Å²) >= 11 is 1.32. The SMILES string of the molecule is CCOC(=O)c1sc(NCc2ccccc2)nc1-c1ccccc1. The smallest absolute Gasteiger partial charge is 0.350 e. The van der Waals surface area contributed by atoms with Crippen molar-refractivity contribution in [2.24, 2.45) is 0 Å². The number of hydrogen-bond donors (Lipinski definition) is 1. The molecule has 0 unspecified atom stereocenters. The quantitative estimate of drug-likeness (QED) is 0.667. The predicted octanol–water partition coefficient (Wildman–Crippen LogP) is 4.60. The first-order valence-electron chi connectivity index (χ1n) is 7.79. The molecule has 0 saturated heterocycles. The van der Waals surface area contributed by atoms with E-state index in [9.17, 15) is 4.79 Å². The van der Waals surface area contributed by atoms with Crippen LogP contribution in [0.4, 0.5) is 5.13 Å². The summed E-state index contributed by atoms with van der Waals surface area (Å²) in [4.78, 5) is 17.4. The van der Waals surface area contributed by atoms with Gasteiger partial charge in [0.15, 0.2) is 5.13 Å². The number of benzene rings is 2. The van der Waals surface area contributed by atoms with Crippen LogP contribution in [0.15, 0.2) is 60.7 Å². The molecule has 122 valence electrons. The zero-order valence-electron chi connectivity index (χ0n) is 13.4. The molecular formula is C19H18N2O2S. The maximum absolute atomic E-state index is 12.2. The summed E-state index contributed by atoms with van der Waals surface area (Å²) in [6, 6.07) is 19.8. The number of thiazole rings is 1. The lowest BCUT2D eigenvalue weighted by Crippen LogP contribution is -2.03. The number of aromatic nitrogens is 1. The molecule has 0 amide bonds. The van der Waals surface area contributed by atoms with E-state index >= 15 is 0 Å². The van der Waals surface area contributed by atoms with E-state index in [0.29, 0.717) is 28.9 Å². The van der Waals surface area contributed by atoms with Crippen LogP contribution >= 0.6 is 11.3 Å². The Labute approximate surface area is 145 Å². The Morgan fingerprint density at radius 2 is 1.75 bits per heavy atom. The molecule has 1 aromatic heterocycles. The zero-order valence-corrected chi connectivity index (χ0v) is 14.2. The van der Waals surface area contributed by atoms with Gasteiger partial charge in [0.05, 0.1) is 12.3 Å². The van der Waals surface area contributed by atoms with Crippen LogP contribution in [-0.2, 0) is 11.3 Å². The second-order valence-corrected chi connectivity index (χ2v) is 6.12. The highest BCUT2D eigenvalue weighted by molar-refractivity contribution is 7.17. The van der Waals surface area contributed by atoms with Crippen molar-refractivity contribution in [2.45, 2.75) is 13.5 Å². The number of nitrogens with zero attached hydrogens (tertiary/aromatic N) is 1. The number of esters is 1. The molecule has 2 aromatic carbocycles. The fraction of sp³-hybridized carbons (Fsp3) is 0.158. The highest BCUT2D eigenvalue weighted by Gasteiger charge is 2.20. The predicted molar refractivity (Wildman–Crippen MR) is 97.3 cm³/mol. The third-order valence-corrected chi connectivity index (χ3v) is 4.41. The summed E-state index contributed by atoms with van der Waals surface area (Å²) < 4.78 is 5.17. The Hall–Kier alpha value is -2.66. The van der Waals surface area contributed by atoms with Crippen LogP contribution in [0.5, 0.6) is 0 Å². The Morgan fingerprint density at radius 1 is 1.08 bits per heavy atom. The topological polar surface area (TPSA) is 51.2 Å². The van der Waals surface area contributed by atoms with Crippen LogP contribution in [0.25, 0.3) is 11.3 Å². The second-order valence-electron chi connectivity index (χ2n) is 5.12. The summed E-state index contributed by atoms with van der Waals surface area (Å²) in [7, 11) is 0. The average Bonchev–Trinajstić information content (AvgIpc) is 3.06. The number of nitrogens with one attached hydrogen (secondary N) is 1. The maximum Gasteiger partial charge on any atom is 0.350 e. The molecule has 0 saturated carbocycles. The van der Waals surface area contributed by atoms with Crippen molar-refractivity contribution in [3.8, 4) is 11.3 Å². The molecule has 3 rings (SSSR count). The first-order chi connectivity index (χ1) is 11.8. The van der Waals surface area contributed by atoms with Gasteiger partial charge in [-0.25, -0.2) is 9.78 Å². The Balaban J connectivity index is 1.87. The van der Waals surface area contributed by atoms with E-state index in [1.165, 1.54) is 11.3 Å². The van der Waals surface area contributed by atoms with Gasteiger partial charge in [0, 0.05) is 12.1 Å². The third kappa shape index (κ3) is 3.81. The highest BCUT2D eigenvalue weighted by atomic mass is 32.1. The summed E-state index contributed by atoms with van der Waals surface area (Å²) in [5.74, 6) is -0.332. The number of rotatable bonds is 6. The zero-order chi connectivity index (χ0) is 16.8. The number of anilines is 1. The molecule has 1 N–H and O–H groups in total. The van der Waals surface area contributed by atoms with Crippen LogP contribution in [-0.4, -0.2) is 17.6 Å². The van der Waals surface area contributed by atoms with E-state index in [0.717, 1.165) is 11.1 Å². The lowest BCUT2D eigenvalue weighted by molar-refractivity contribution is 0.0532. The van der Waals surface area contributed by atoms with E-state index in [2.05, 4.69) is 10.3 Å². The molecule has 3 aromatic rings. The summed E-state index contributed by atoms with van der Waals surface area (Å²) in [5.41, 5.74) is 2.73. The summed E-state index contributed by atoms with van der Waals surface area (Å²) in [6.45, 7) is 2.80. The van der Waals surface area contributed by atoms with E-state index in [-0.39, 0.29) is 5.97 Å². The molecule has 0 atom stereocenters. The van der Waals surface area contributed by atoms with Gasteiger partial charge in [-0.1, -0.05) is 72.0 Å². The van der Waals surface area contributed by atoms with Gasteiger partial charge in [-0.3, -0.25) is 0 Å². The van der Waals surface area contributed by atoms with Gasteiger partial charge >= 0.3 is 5.97 Å². The van der Waals surface area contributed by atoms with Gasteiger partial charge in [0.2, 0.25) is 0 Å². The van der Waals surface area contributed by atoms with E-state index in [1.807, 2.05) is 60.7 Å². The van der Waals surface area contributed by atoms with Gasteiger partial charge in [-0.05, 0) is 12.5 Å². The molecule has 1 heterocycles. The van der Waals surface area contributed by atoms with Crippen molar-refractivity contribution in [3.05, 3.63) is 71.1 Å². The number of hydrogen-bond acceptors (Lipinski definition) is 5. The Morgan fingerprint density at radius 3 is 2.42 bits per heavy atom. The van der Waals surface area contributed by atoms with E-state index < -0.39 is 0 Å². The van der Waals surface area contributed by atoms with E-state index in [4.69, 9.17) is 4.74 Å². The standard InChI is InChI=1S/C19H18N2O2S/c1-2-23-18(22)17-16(15-11-7-4-8-12-15)21-19(24-17)20-13-14-9-5-3-6-10-14/h3-12H,2,13H2,1H3,(H,20,21). The minimum Gasteiger partial charge on any atom is -0.462 e. The van der Waals surface area contributed by atoms with Gasteiger partial charge in [0.1, 0.15) is 4.88 Å². The lowest BCUT2D eigenvalue weighted by atomic mass is 10.1. The van der Waals surface area contributed by atoms with Crippen molar-refractivity contribution in [1.82, 2.24) is 4.98 Å². The first kappa shape index (κ1) is 16.2. The molecule has 0 aliphatic heterocycles. The molecule has 0 aliphatic rings. The number of carbonyl (C=O) groups excluding carboxylic acids is 1. The summed E-state index contributed by atoms with van der Waals surface area (Å²) in [6.07, 6.45) is 0. The maximum atomic E-state index is 12.2. The Bertz CT molecular complexity index is 801. The van der Waals surface area contributed by atoms with Gasteiger partial charge in [-0.15, -0.1) is 0 Å². The van der Waals surface area contributed by atoms with Crippen LogP contribution < -0.4 is 5.32 Å². The fourth-order valence-electron chi connectivity index (χ4n) is 2.30. The number of ether oxygens (including phenoxy) is 1. The molecular weight excluding hydrogens is 320 g/mol. The third-order valence-electron chi connectivity index (χ3n) is 3.42. The highest BCUT2D eigenvalue weighted by Crippen LogP contribution is 2.32. The van der Waals surface area contributed by atoms with Crippen LogP contribution in [0.1, 0.15) is 22.2 Å². The van der Waals surface area contributed by atoms with Crippen molar-refractivity contribution in [1.29, 1.82) is 0 Å². The van der Waals surface area contributed by atoms with Gasteiger partial charge in [-0.2, -0.15) is 0 Å². The Kier molecular flexibility index (Phi) is 5.23. The molecule has 0 radical (unpaired) electrons. The van der Waals surface area contributed by atoms with Crippen molar-refractivity contribution in [3.63, 3.8) is 0 Å². The average molecular weight is 338 g/mol. The minimum absolute atomic E-state index is 0.332. The molecule has 0 aliphatic carbocycles. The fourth-order valence-corrected chi connectivity index (χ4v) is 3.17. The number of carbonyl (C=O) groups is 1. The molecule has 0 bridgehead atoms. The van der Waals surface area contributed by atoms with Gasteiger partial charge < -0.3 is 10.1 Å². The van der Waals surface area contributed by atoms with Crippen molar-refractivity contribution < 1.29 is 9.53 Å². The largest absolute Gasteiger partial charge is 0.462 e. The van der Waals surface area contributed by atoms with Crippen LogP contribution in [0.3, 0.4) is 0 Å². The molecule has 24 heavy (non-hydrogen) atoms. The lowest BCUT2D eigenvalue weighted by Gasteiger charge is -2.02. The molecule has 4 nitrogen and oxygen atoms in total. The van der Waals surface area contributed by atoms with E-state index in [1.54, 1.807) is 6.92 Å². The molecule has 0 fully saturated rings. The van der Waals surface area contributed by atoms with Crippen molar-refractivity contribution in [2.75, 3.05) is 11.9 Å². The molecule has 5 heteroatoms. The normalized spacial score (nSPS) is 10.4. The van der Waals surface area contributed by atoms with Crippen LogP contribution in [0, 0.1) is 0 Å². The second kappa shape index (κ2) is 7.75. The first-order valence-corrected chi connectivity index (χ1v) is 8.60. The summed E-state index contributed by atoms with van der Waals surface area (Å²) in [5, 5.41) is 4.00. The van der Waals surface area contributed by atoms with Gasteiger partial charge in [0.25, 0.3) is 0 Å². The van der Waals surface area contributed by atoms with Crippen LogP contribution in [0.2, 0.25) is 0 Å².